The fraction of sp³-hybridized carbons (Fsp3) is 0.385. The van der Waals surface area contributed by atoms with Gasteiger partial charge in [-0.25, -0.2) is 8.78 Å². The minimum Gasteiger partial charge on any atom is -0.287 e. The molecule has 1 aromatic rings. The van der Waals surface area contributed by atoms with Crippen LogP contribution in [0.1, 0.15) is 37.0 Å². The lowest BCUT2D eigenvalue weighted by molar-refractivity contribution is -0.114. The van der Waals surface area contributed by atoms with Crippen molar-refractivity contribution in [3.8, 4) is 0 Å². The van der Waals surface area contributed by atoms with E-state index in [-0.39, 0.29) is 15.9 Å². The van der Waals surface area contributed by atoms with Gasteiger partial charge in [-0.1, -0.05) is 20.3 Å². The average molecular weight is 307 g/mol. The van der Waals surface area contributed by atoms with Crippen molar-refractivity contribution in [3.05, 3.63) is 29.3 Å². The van der Waals surface area contributed by atoms with Gasteiger partial charge in [0.1, 0.15) is 11.6 Å². The summed E-state index contributed by atoms with van der Waals surface area (Å²) >= 11 is 5.85. The summed E-state index contributed by atoms with van der Waals surface area (Å²) in [6, 6.07) is 1.54. The number of carbonyl (C=O) groups excluding carboxylic acids is 2. The van der Waals surface area contributed by atoms with Gasteiger partial charge in [0, 0.05) is 12.0 Å². The van der Waals surface area contributed by atoms with Crippen molar-refractivity contribution in [1.82, 2.24) is 0 Å². The van der Waals surface area contributed by atoms with E-state index < -0.39 is 22.4 Å². The Balaban J connectivity index is 2.98. The molecule has 6 heteroatoms. The lowest BCUT2D eigenvalue weighted by Gasteiger charge is -2.09. The van der Waals surface area contributed by atoms with Crippen LogP contribution in [0.25, 0.3) is 0 Å². The van der Waals surface area contributed by atoms with Gasteiger partial charge in [0.05, 0.1) is 10.5 Å². The molecule has 0 saturated carbocycles. The highest BCUT2D eigenvalue weighted by molar-refractivity contribution is 8.13. The minimum absolute atomic E-state index is 0.0849. The van der Waals surface area contributed by atoms with Crippen molar-refractivity contribution in [2.75, 3.05) is 0 Å². The summed E-state index contributed by atoms with van der Waals surface area (Å²) in [4.78, 5) is 22.7. The molecule has 0 fully saturated rings. The van der Waals surface area contributed by atoms with E-state index in [1.54, 1.807) is 6.92 Å². The molecule has 0 N–H and O–H groups in total. The maximum atomic E-state index is 13.5. The van der Waals surface area contributed by atoms with Crippen molar-refractivity contribution in [2.24, 2.45) is 5.92 Å². The van der Waals surface area contributed by atoms with Gasteiger partial charge >= 0.3 is 0 Å². The highest BCUT2D eigenvalue weighted by Crippen LogP contribution is 2.29. The van der Waals surface area contributed by atoms with Gasteiger partial charge in [0.25, 0.3) is 5.24 Å². The van der Waals surface area contributed by atoms with E-state index in [4.69, 9.17) is 11.6 Å². The first-order chi connectivity index (χ1) is 8.86. The molecule has 104 valence electrons. The first-order valence-electron chi connectivity index (χ1n) is 5.77. The molecular weight excluding hydrogens is 294 g/mol. The number of thioether (sulfide) groups is 1. The molecule has 0 aliphatic carbocycles. The molecule has 0 heterocycles. The first-order valence-corrected chi connectivity index (χ1v) is 6.96. The number of carbonyl (C=O) groups is 2. The summed E-state index contributed by atoms with van der Waals surface area (Å²) in [5.74, 6) is -2.13. The second kappa shape index (κ2) is 7.01. The summed E-state index contributed by atoms with van der Waals surface area (Å²) in [5, 5.41) is -1.24. The van der Waals surface area contributed by atoms with Crippen molar-refractivity contribution in [1.29, 1.82) is 0 Å². The summed E-state index contributed by atoms with van der Waals surface area (Å²) in [5.41, 5.74) is -0.429. The molecule has 0 saturated heterocycles. The largest absolute Gasteiger partial charge is 0.287 e. The molecule has 1 aromatic carbocycles. The molecule has 0 bridgehead atoms. The maximum absolute atomic E-state index is 13.5. The van der Waals surface area contributed by atoms with Crippen LogP contribution < -0.4 is 0 Å². The van der Waals surface area contributed by atoms with Gasteiger partial charge in [0.2, 0.25) is 0 Å². The van der Waals surface area contributed by atoms with E-state index in [9.17, 15) is 18.4 Å². The number of rotatable bonds is 5. The topological polar surface area (TPSA) is 34.1 Å². The zero-order chi connectivity index (χ0) is 14.6. The molecule has 0 radical (unpaired) electrons. The summed E-state index contributed by atoms with van der Waals surface area (Å²) in [6.07, 6.45) is 1.53. The zero-order valence-electron chi connectivity index (χ0n) is 10.5. The van der Waals surface area contributed by atoms with Crippen molar-refractivity contribution >= 4 is 33.7 Å². The van der Waals surface area contributed by atoms with Crippen molar-refractivity contribution in [3.63, 3.8) is 0 Å². The van der Waals surface area contributed by atoms with Gasteiger partial charge < -0.3 is 0 Å². The van der Waals surface area contributed by atoms with E-state index >= 15 is 0 Å². The Morgan fingerprint density at radius 3 is 2.47 bits per heavy atom. The van der Waals surface area contributed by atoms with Crippen molar-refractivity contribution < 1.29 is 18.4 Å². The fourth-order valence-corrected chi connectivity index (χ4v) is 2.53. The normalized spacial score (nSPS) is 12.3. The summed E-state index contributed by atoms with van der Waals surface area (Å²) in [6.45, 7) is 3.69. The maximum Gasteiger partial charge on any atom is 0.255 e. The molecule has 19 heavy (non-hydrogen) atoms. The zero-order valence-corrected chi connectivity index (χ0v) is 12.1. The van der Waals surface area contributed by atoms with E-state index in [0.29, 0.717) is 24.2 Å². The third-order valence-corrected chi connectivity index (χ3v) is 3.91. The van der Waals surface area contributed by atoms with Crippen LogP contribution in [0.4, 0.5) is 8.78 Å². The van der Waals surface area contributed by atoms with Crippen LogP contribution in [-0.2, 0) is 4.79 Å². The number of hydrogen-bond acceptors (Lipinski definition) is 3. The lowest BCUT2D eigenvalue weighted by Crippen LogP contribution is -2.07. The Hall–Kier alpha value is -0.940. The Morgan fingerprint density at radius 2 is 1.95 bits per heavy atom. The third-order valence-electron chi connectivity index (χ3n) is 2.57. The van der Waals surface area contributed by atoms with E-state index in [0.717, 1.165) is 12.5 Å². The van der Waals surface area contributed by atoms with E-state index in [1.807, 2.05) is 6.92 Å². The van der Waals surface area contributed by atoms with Crippen molar-refractivity contribution in [2.45, 2.75) is 31.6 Å². The Morgan fingerprint density at radius 1 is 1.32 bits per heavy atom. The first kappa shape index (κ1) is 16.1. The van der Waals surface area contributed by atoms with Crippen LogP contribution >= 0.6 is 23.4 Å². The van der Waals surface area contributed by atoms with Crippen LogP contribution in [0.5, 0.6) is 0 Å². The molecule has 0 aromatic heterocycles. The molecule has 0 aliphatic rings. The average Bonchev–Trinajstić information content (AvgIpc) is 2.32. The van der Waals surface area contributed by atoms with Gasteiger partial charge in [0.15, 0.2) is 5.12 Å². The summed E-state index contributed by atoms with van der Waals surface area (Å²) in [7, 11) is 0. The predicted octanol–water partition coefficient (Wildman–Crippen LogP) is 4.40. The standard InChI is InChI=1S/C13H13ClF2O2S/c1-3-4-7(2)13(18)19-11-5-8(12(14)17)9(15)6-10(11)16/h5-7H,3-4H2,1-2H3. The number of halogens is 3. The van der Waals surface area contributed by atoms with Gasteiger partial charge in [-0.3, -0.25) is 9.59 Å². The summed E-state index contributed by atoms with van der Waals surface area (Å²) < 4.78 is 26.8. The monoisotopic (exact) mass is 306 g/mol. The molecule has 0 spiro atoms. The van der Waals surface area contributed by atoms with Crippen LogP contribution in [0.2, 0.25) is 0 Å². The highest BCUT2D eigenvalue weighted by Gasteiger charge is 2.19. The Labute approximate surface area is 119 Å². The number of hydrogen-bond donors (Lipinski definition) is 0. The quantitative estimate of drug-likeness (QED) is 0.597. The second-order valence-electron chi connectivity index (χ2n) is 4.15. The Bertz CT molecular complexity index is 506. The smallest absolute Gasteiger partial charge is 0.255 e. The minimum atomic E-state index is -1.03. The second-order valence-corrected chi connectivity index (χ2v) is 5.54. The SMILES string of the molecule is CCCC(C)C(=O)Sc1cc(C(=O)Cl)c(F)cc1F. The highest BCUT2D eigenvalue weighted by atomic mass is 35.5. The molecule has 1 rings (SSSR count). The molecule has 2 nitrogen and oxygen atoms in total. The van der Waals surface area contributed by atoms with Gasteiger partial charge in [-0.2, -0.15) is 0 Å². The van der Waals surface area contributed by atoms with Crippen LogP contribution in [-0.4, -0.2) is 10.4 Å². The third kappa shape index (κ3) is 4.28. The fourth-order valence-electron chi connectivity index (χ4n) is 1.52. The molecular formula is C13H13ClF2O2S. The molecule has 1 unspecified atom stereocenters. The molecule has 0 amide bonds. The van der Waals surface area contributed by atoms with Crippen LogP contribution in [0, 0.1) is 17.6 Å². The van der Waals surface area contributed by atoms with Gasteiger partial charge in [-0.05, 0) is 35.9 Å². The van der Waals surface area contributed by atoms with E-state index in [1.165, 1.54) is 0 Å². The van der Waals surface area contributed by atoms with E-state index in [2.05, 4.69) is 0 Å². The van der Waals surface area contributed by atoms with Crippen LogP contribution in [0.3, 0.4) is 0 Å². The molecule has 0 aliphatic heterocycles. The predicted molar refractivity (Wildman–Crippen MR) is 71.5 cm³/mol. The Kier molecular flexibility index (Phi) is 5.94. The lowest BCUT2D eigenvalue weighted by atomic mass is 10.1. The van der Waals surface area contributed by atoms with Gasteiger partial charge in [-0.15, -0.1) is 0 Å². The molecule has 1 atom stereocenters. The van der Waals surface area contributed by atoms with Crippen LogP contribution in [0.15, 0.2) is 17.0 Å². The number of benzene rings is 1.